The number of likely N-dealkylation sites (tertiary alicyclic amines) is 1. The lowest BCUT2D eigenvalue weighted by atomic mass is 10.0. The molecule has 1 aromatic carbocycles. The highest BCUT2D eigenvalue weighted by Crippen LogP contribution is 2.24. The van der Waals surface area contributed by atoms with Crippen LogP contribution in [0.5, 0.6) is 0 Å². The van der Waals surface area contributed by atoms with Crippen LogP contribution in [0.2, 0.25) is 0 Å². The number of benzene rings is 1. The Morgan fingerprint density at radius 3 is 2.62 bits per heavy atom. The van der Waals surface area contributed by atoms with Crippen LogP contribution in [0.1, 0.15) is 28.9 Å². The smallest absolute Gasteiger partial charge is 0.274 e. The Bertz CT molecular complexity index is 694. The van der Waals surface area contributed by atoms with Gasteiger partial charge in [0.05, 0.1) is 6.20 Å². The lowest BCUT2D eigenvalue weighted by molar-refractivity contribution is 0.0707. The predicted octanol–water partition coefficient (Wildman–Crippen LogP) is 2.67. The molecule has 24 heavy (non-hydrogen) atoms. The Morgan fingerprint density at radius 2 is 2.00 bits per heavy atom. The van der Waals surface area contributed by atoms with E-state index in [1.807, 2.05) is 24.9 Å². The van der Waals surface area contributed by atoms with Crippen molar-refractivity contribution in [2.75, 3.05) is 25.0 Å². The largest absolute Gasteiger partial charge is 0.371 e. The van der Waals surface area contributed by atoms with Crippen LogP contribution in [0.15, 0.2) is 36.8 Å². The van der Waals surface area contributed by atoms with Gasteiger partial charge in [-0.3, -0.25) is 9.78 Å². The van der Waals surface area contributed by atoms with Gasteiger partial charge >= 0.3 is 0 Å². The number of hydrogen-bond acceptors (Lipinski definition) is 4. The lowest BCUT2D eigenvalue weighted by Gasteiger charge is -2.37. The molecule has 1 aromatic heterocycles. The minimum atomic E-state index is -0.216. The maximum atomic E-state index is 13.6. The molecule has 2 heterocycles. The van der Waals surface area contributed by atoms with Crippen molar-refractivity contribution in [1.82, 2.24) is 14.9 Å². The van der Waals surface area contributed by atoms with Crippen molar-refractivity contribution in [2.45, 2.75) is 25.8 Å². The monoisotopic (exact) mass is 328 g/mol. The predicted molar refractivity (Wildman–Crippen MR) is 90.5 cm³/mol. The van der Waals surface area contributed by atoms with Crippen molar-refractivity contribution in [1.29, 1.82) is 0 Å². The molecule has 1 fully saturated rings. The molecular formula is C18H21FN4O. The Balaban J connectivity index is 1.63. The maximum absolute atomic E-state index is 13.6. The summed E-state index contributed by atoms with van der Waals surface area (Å²) in [6.45, 7) is 3.22. The van der Waals surface area contributed by atoms with Gasteiger partial charge in [-0.05, 0) is 43.5 Å². The molecule has 126 valence electrons. The van der Waals surface area contributed by atoms with Crippen LogP contribution in [-0.2, 0) is 0 Å². The van der Waals surface area contributed by atoms with E-state index in [0.717, 1.165) is 24.1 Å². The maximum Gasteiger partial charge on any atom is 0.274 e. The number of halogens is 1. The third-order valence-corrected chi connectivity index (χ3v) is 4.52. The summed E-state index contributed by atoms with van der Waals surface area (Å²) >= 11 is 0. The Labute approximate surface area is 141 Å². The first-order chi connectivity index (χ1) is 11.5. The van der Waals surface area contributed by atoms with Crippen LogP contribution in [0.25, 0.3) is 0 Å². The van der Waals surface area contributed by atoms with Gasteiger partial charge in [-0.15, -0.1) is 0 Å². The SMILES string of the molecule is Cc1cc(F)cc(N(C)C2CCN(C(=O)c3cnccn3)CC2)c1. The topological polar surface area (TPSA) is 49.3 Å². The second kappa shape index (κ2) is 6.95. The number of carbonyl (C=O) groups excluding carboxylic acids is 1. The summed E-state index contributed by atoms with van der Waals surface area (Å²) in [5, 5.41) is 0. The lowest BCUT2D eigenvalue weighted by Crippen LogP contribution is -2.45. The number of aryl methyl sites for hydroxylation is 1. The summed E-state index contributed by atoms with van der Waals surface area (Å²) in [5.41, 5.74) is 2.17. The van der Waals surface area contributed by atoms with Crippen molar-refractivity contribution in [3.05, 3.63) is 53.9 Å². The van der Waals surface area contributed by atoms with Gasteiger partial charge in [-0.2, -0.15) is 0 Å². The van der Waals surface area contributed by atoms with E-state index in [4.69, 9.17) is 0 Å². The Hall–Kier alpha value is -2.50. The number of rotatable bonds is 3. The van der Waals surface area contributed by atoms with Crippen LogP contribution in [0.3, 0.4) is 0 Å². The fraction of sp³-hybridized carbons (Fsp3) is 0.389. The quantitative estimate of drug-likeness (QED) is 0.869. The fourth-order valence-electron chi connectivity index (χ4n) is 3.16. The molecule has 3 rings (SSSR count). The molecule has 1 aliphatic heterocycles. The van der Waals surface area contributed by atoms with Crippen LogP contribution in [0.4, 0.5) is 10.1 Å². The van der Waals surface area contributed by atoms with Crippen LogP contribution in [-0.4, -0.2) is 47.0 Å². The van der Waals surface area contributed by atoms with E-state index in [1.165, 1.54) is 18.5 Å². The molecule has 0 atom stereocenters. The summed E-state index contributed by atoms with van der Waals surface area (Å²) in [6.07, 6.45) is 6.27. The molecule has 0 aliphatic carbocycles. The molecule has 0 saturated carbocycles. The van der Waals surface area contributed by atoms with Gasteiger partial charge in [-0.25, -0.2) is 9.37 Å². The second-order valence-electron chi connectivity index (χ2n) is 6.21. The molecule has 1 saturated heterocycles. The number of carbonyl (C=O) groups is 1. The average Bonchev–Trinajstić information content (AvgIpc) is 2.60. The molecule has 0 unspecified atom stereocenters. The zero-order valence-corrected chi connectivity index (χ0v) is 13.9. The zero-order chi connectivity index (χ0) is 17.1. The molecular weight excluding hydrogens is 307 g/mol. The highest BCUT2D eigenvalue weighted by molar-refractivity contribution is 5.92. The number of aromatic nitrogens is 2. The standard InChI is InChI=1S/C18H21FN4O/c1-13-9-14(19)11-16(10-13)22(2)15-3-7-23(8-4-15)18(24)17-12-20-5-6-21-17/h5-6,9-12,15H,3-4,7-8H2,1-2H3. The van der Waals surface area contributed by atoms with Gasteiger partial charge in [0, 0.05) is 44.3 Å². The molecule has 0 radical (unpaired) electrons. The van der Waals surface area contributed by atoms with E-state index >= 15 is 0 Å². The third-order valence-electron chi connectivity index (χ3n) is 4.52. The van der Waals surface area contributed by atoms with Crippen LogP contribution < -0.4 is 4.90 Å². The molecule has 6 heteroatoms. The third kappa shape index (κ3) is 3.53. The number of hydrogen-bond donors (Lipinski definition) is 0. The highest BCUT2D eigenvalue weighted by atomic mass is 19.1. The molecule has 0 N–H and O–H groups in total. The van der Waals surface area contributed by atoms with Crippen molar-refractivity contribution >= 4 is 11.6 Å². The van der Waals surface area contributed by atoms with Crippen molar-refractivity contribution in [3.8, 4) is 0 Å². The zero-order valence-electron chi connectivity index (χ0n) is 13.9. The van der Waals surface area contributed by atoms with Gasteiger partial charge < -0.3 is 9.80 Å². The normalized spacial score (nSPS) is 15.4. The van der Waals surface area contributed by atoms with Crippen LogP contribution in [0, 0.1) is 12.7 Å². The molecule has 0 bridgehead atoms. The molecule has 1 aliphatic rings. The Kier molecular flexibility index (Phi) is 4.74. The minimum absolute atomic E-state index is 0.0780. The number of amides is 1. The van der Waals surface area contributed by atoms with E-state index < -0.39 is 0 Å². The molecule has 1 amide bonds. The summed E-state index contributed by atoms with van der Waals surface area (Å²) in [6, 6.07) is 5.36. The van der Waals surface area contributed by atoms with Crippen molar-refractivity contribution < 1.29 is 9.18 Å². The van der Waals surface area contributed by atoms with E-state index in [1.54, 1.807) is 12.3 Å². The number of nitrogens with zero attached hydrogens (tertiary/aromatic N) is 4. The first kappa shape index (κ1) is 16.4. The van der Waals surface area contributed by atoms with E-state index in [0.29, 0.717) is 18.8 Å². The highest BCUT2D eigenvalue weighted by Gasteiger charge is 2.26. The summed E-state index contributed by atoms with van der Waals surface area (Å²) in [5.74, 6) is -0.294. The van der Waals surface area contributed by atoms with Gasteiger partial charge in [0.15, 0.2) is 0 Å². The fourth-order valence-corrected chi connectivity index (χ4v) is 3.16. The summed E-state index contributed by atoms with van der Waals surface area (Å²) < 4.78 is 13.6. The molecule has 0 spiro atoms. The first-order valence-electron chi connectivity index (χ1n) is 8.10. The van der Waals surface area contributed by atoms with E-state index in [2.05, 4.69) is 14.9 Å². The van der Waals surface area contributed by atoms with Crippen LogP contribution >= 0.6 is 0 Å². The Morgan fingerprint density at radius 1 is 1.25 bits per heavy atom. The molecule has 5 nitrogen and oxygen atoms in total. The van der Waals surface area contributed by atoms with Gasteiger partial charge in [-0.1, -0.05) is 0 Å². The average molecular weight is 328 g/mol. The van der Waals surface area contributed by atoms with Crippen molar-refractivity contribution in [3.63, 3.8) is 0 Å². The minimum Gasteiger partial charge on any atom is -0.371 e. The van der Waals surface area contributed by atoms with Gasteiger partial charge in [0.2, 0.25) is 0 Å². The van der Waals surface area contributed by atoms with Gasteiger partial charge in [0.1, 0.15) is 11.5 Å². The van der Waals surface area contributed by atoms with Crippen molar-refractivity contribution in [2.24, 2.45) is 0 Å². The summed E-state index contributed by atoms with van der Waals surface area (Å²) in [4.78, 5) is 24.3. The van der Waals surface area contributed by atoms with E-state index in [-0.39, 0.29) is 17.8 Å². The summed E-state index contributed by atoms with van der Waals surface area (Å²) in [7, 11) is 1.99. The second-order valence-corrected chi connectivity index (χ2v) is 6.21. The first-order valence-corrected chi connectivity index (χ1v) is 8.10. The number of piperidine rings is 1. The van der Waals surface area contributed by atoms with Gasteiger partial charge in [0.25, 0.3) is 5.91 Å². The van der Waals surface area contributed by atoms with E-state index in [9.17, 15) is 9.18 Å². The number of anilines is 1. The molecule has 2 aromatic rings.